The maximum atomic E-state index is 12.9. The van der Waals surface area contributed by atoms with E-state index < -0.39 is 0 Å². The van der Waals surface area contributed by atoms with Crippen molar-refractivity contribution >= 4 is 23.0 Å². The van der Waals surface area contributed by atoms with Crippen molar-refractivity contribution in [2.75, 3.05) is 26.3 Å². The van der Waals surface area contributed by atoms with Crippen LogP contribution in [0.25, 0.3) is 17.1 Å². The molecule has 1 aromatic carbocycles. The van der Waals surface area contributed by atoms with Crippen LogP contribution in [-0.2, 0) is 28.8 Å². The second kappa shape index (κ2) is 9.44. The summed E-state index contributed by atoms with van der Waals surface area (Å²) in [6.07, 6.45) is 7.05. The van der Waals surface area contributed by atoms with Crippen molar-refractivity contribution in [2.45, 2.75) is 45.6 Å². The smallest absolute Gasteiger partial charge is 0.246 e. The van der Waals surface area contributed by atoms with Crippen molar-refractivity contribution in [3.63, 3.8) is 0 Å². The summed E-state index contributed by atoms with van der Waals surface area (Å²) in [5.41, 5.74) is 7.02. The first-order chi connectivity index (χ1) is 16.7. The van der Waals surface area contributed by atoms with E-state index in [2.05, 4.69) is 54.8 Å². The molecule has 6 heteroatoms. The number of hydrogen-bond donors (Lipinski definition) is 0. The number of rotatable bonds is 5. The lowest BCUT2D eigenvalue weighted by Gasteiger charge is -2.25. The number of hydrogen-bond acceptors (Lipinski definition) is 4. The van der Waals surface area contributed by atoms with Gasteiger partial charge in [-0.2, -0.15) is 5.26 Å². The summed E-state index contributed by atoms with van der Waals surface area (Å²) in [5, 5.41) is 11.2. The molecule has 2 aromatic heterocycles. The van der Waals surface area contributed by atoms with E-state index in [-0.39, 0.29) is 11.9 Å². The summed E-state index contributed by atoms with van der Waals surface area (Å²) < 4.78 is 7.61. The van der Waals surface area contributed by atoms with Crippen LogP contribution in [0, 0.1) is 11.3 Å². The molecule has 6 nitrogen and oxygen atoms in total. The normalized spacial score (nSPS) is 17.9. The van der Waals surface area contributed by atoms with E-state index in [1.54, 1.807) is 11.0 Å². The second-order valence-corrected chi connectivity index (χ2v) is 8.94. The van der Waals surface area contributed by atoms with E-state index in [0.29, 0.717) is 31.9 Å². The summed E-state index contributed by atoms with van der Waals surface area (Å²) >= 11 is 0. The third kappa shape index (κ3) is 3.80. The number of pyridine rings is 1. The van der Waals surface area contributed by atoms with Crippen LogP contribution in [0.4, 0.5) is 0 Å². The minimum absolute atomic E-state index is 0.0475. The van der Waals surface area contributed by atoms with Crippen LogP contribution in [0.1, 0.15) is 60.0 Å². The topological polar surface area (TPSA) is 71.2 Å². The largest absolute Gasteiger partial charge is 0.378 e. The first kappa shape index (κ1) is 22.4. The van der Waals surface area contributed by atoms with Gasteiger partial charge in [-0.1, -0.05) is 38.1 Å². The van der Waals surface area contributed by atoms with Crippen LogP contribution in [0.3, 0.4) is 0 Å². The van der Waals surface area contributed by atoms with Crippen molar-refractivity contribution in [1.82, 2.24) is 14.5 Å². The van der Waals surface area contributed by atoms with E-state index in [0.717, 1.165) is 53.7 Å². The highest BCUT2D eigenvalue weighted by molar-refractivity contribution is 5.96. The number of amides is 1. The van der Waals surface area contributed by atoms with E-state index in [4.69, 9.17) is 9.72 Å². The molecule has 1 atom stereocenters. The summed E-state index contributed by atoms with van der Waals surface area (Å²) in [7, 11) is 0. The molecule has 0 radical (unpaired) electrons. The Morgan fingerprint density at radius 1 is 1.24 bits per heavy atom. The highest BCUT2D eigenvalue weighted by atomic mass is 16.5. The molecule has 34 heavy (non-hydrogen) atoms. The Hall–Kier alpha value is -3.43. The number of benzene rings is 1. The van der Waals surface area contributed by atoms with Crippen molar-refractivity contribution in [3.05, 3.63) is 70.0 Å². The molecule has 2 aliphatic rings. The minimum Gasteiger partial charge on any atom is -0.378 e. The molecule has 1 amide bonds. The first-order valence-corrected chi connectivity index (χ1v) is 12.3. The third-order valence-electron chi connectivity index (χ3n) is 7.10. The molecule has 1 fully saturated rings. The van der Waals surface area contributed by atoms with Gasteiger partial charge in [-0.15, -0.1) is 0 Å². The monoisotopic (exact) mass is 454 g/mol. The van der Waals surface area contributed by atoms with Crippen LogP contribution in [-0.4, -0.2) is 46.7 Å². The Labute approximate surface area is 200 Å². The van der Waals surface area contributed by atoms with Gasteiger partial charge in [0.15, 0.2) is 0 Å². The van der Waals surface area contributed by atoms with E-state index >= 15 is 0 Å². The van der Waals surface area contributed by atoms with Crippen molar-refractivity contribution in [2.24, 2.45) is 0 Å². The molecule has 1 aliphatic heterocycles. The molecular weight excluding hydrogens is 424 g/mol. The molecule has 5 rings (SSSR count). The molecule has 174 valence electrons. The molecule has 0 bridgehead atoms. The van der Waals surface area contributed by atoms with Crippen LogP contribution in [0.15, 0.2) is 36.4 Å². The molecule has 3 heterocycles. The quantitative estimate of drug-likeness (QED) is 0.535. The van der Waals surface area contributed by atoms with Crippen LogP contribution < -0.4 is 0 Å². The van der Waals surface area contributed by atoms with E-state index in [1.165, 1.54) is 11.1 Å². The number of carbonyl (C=O) groups is 1. The fraction of sp³-hybridized carbons (Fsp3) is 0.393. The Kier molecular flexibility index (Phi) is 6.21. The zero-order valence-electron chi connectivity index (χ0n) is 19.9. The van der Waals surface area contributed by atoms with Gasteiger partial charge in [0.2, 0.25) is 5.91 Å². The molecule has 0 saturated carbocycles. The second-order valence-electron chi connectivity index (χ2n) is 8.94. The number of ether oxygens (including phenoxy) is 1. The van der Waals surface area contributed by atoms with Gasteiger partial charge < -0.3 is 14.2 Å². The fourth-order valence-electron chi connectivity index (χ4n) is 5.34. The van der Waals surface area contributed by atoms with Crippen molar-refractivity contribution in [1.29, 1.82) is 5.26 Å². The average molecular weight is 455 g/mol. The highest BCUT2D eigenvalue weighted by Crippen LogP contribution is 2.40. The third-order valence-corrected chi connectivity index (χ3v) is 7.10. The number of nitriles is 1. The standard InChI is InChI=1S/C28H30N4O2/c1-3-19-17-21(4-2)30-28-27(19)23(18-29)25(11-12-26(33)31-13-15-34-16-14-31)32(28)24-10-9-20-7-5-6-8-22(20)24/h5-8,11-12,17,24H,3-4,9-10,13-16H2,1-2H3/b12-11+. The maximum Gasteiger partial charge on any atom is 0.246 e. The number of fused-ring (bicyclic) bond motifs is 2. The van der Waals surface area contributed by atoms with Crippen molar-refractivity contribution in [3.8, 4) is 6.07 Å². The SMILES string of the molecule is CCc1cc(CC)c2c(C#N)c(/C=C/C(=O)N3CCOCC3)n(C3CCc4ccccc43)c2n1. The van der Waals surface area contributed by atoms with Crippen LogP contribution >= 0.6 is 0 Å². The highest BCUT2D eigenvalue weighted by Gasteiger charge is 2.30. The predicted octanol–water partition coefficient (Wildman–Crippen LogP) is 4.44. The maximum absolute atomic E-state index is 12.9. The van der Waals surface area contributed by atoms with Gasteiger partial charge in [-0.3, -0.25) is 4.79 Å². The minimum atomic E-state index is -0.0475. The number of aryl methyl sites for hydroxylation is 3. The molecule has 0 spiro atoms. The Morgan fingerprint density at radius 2 is 2.03 bits per heavy atom. The predicted molar refractivity (Wildman–Crippen MR) is 133 cm³/mol. The summed E-state index contributed by atoms with van der Waals surface area (Å²) in [5.74, 6) is -0.0475. The summed E-state index contributed by atoms with van der Waals surface area (Å²) in [6.45, 7) is 6.54. The molecule has 0 N–H and O–H groups in total. The van der Waals surface area contributed by atoms with Gasteiger partial charge in [0.05, 0.1) is 30.5 Å². The first-order valence-electron chi connectivity index (χ1n) is 12.3. The van der Waals surface area contributed by atoms with Gasteiger partial charge >= 0.3 is 0 Å². The summed E-state index contributed by atoms with van der Waals surface area (Å²) in [6, 6.07) is 13.2. The summed E-state index contributed by atoms with van der Waals surface area (Å²) in [4.78, 5) is 19.7. The lowest BCUT2D eigenvalue weighted by atomic mass is 10.0. The zero-order chi connectivity index (χ0) is 23.7. The lowest BCUT2D eigenvalue weighted by molar-refractivity contribution is -0.129. The van der Waals surface area contributed by atoms with Gasteiger partial charge in [0, 0.05) is 30.2 Å². The average Bonchev–Trinajstić information content (AvgIpc) is 3.45. The van der Waals surface area contributed by atoms with Gasteiger partial charge in [0.25, 0.3) is 0 Å². The molecule has 3 aromatic rings. The number of nitrogens with zero attached hydrogens (tertiary/aromatic N) is 4. The van der Waals surface area contributed by atoms with Gasteiger partial charge in [-0.25, -0.2) is 4.98 Å². The van der Waals surface area contributed by atoms with Crippen LogP contribution in [0.5, 0.6) is 0 Å². The Bertz CT molecular complexity index is 1310. The number of carbonyl (C=O) groups excluding carboxylic acids is 1. The number of morpholine rings is 1. The van der Waals surface area contributed by atoms with Gasteiger partial charge in [0.1, 0.15) is 11.7 Å². The molecule has 1 saturated heterocycles. The Balaban J connectivity index is 1.72. The van der Waals surface area contributed by atoms with Crippen LogP contribution in [0.2, 0.25) is 0 Å². The van der Waals surface area contributed by atoms with E-state index in [9.17, 15) is 10.1 Å². The Morgan fingerprint density at radius 3 is 2.76 bits per heavy atom. The fourth-order valence-corrected chi connectivity index (χ4v) is 5.34. The lowest BCUT2D eigenvalue weighted by Crippen LogP contribution is -2.39. The zero-order valence-corrected chi connectivity index (χ0v) is 19.9. The van der Waals surface area contributed by atoms with Gasteiger partial charge in [-0.05, 0) is 54.5 Å². The van der Waals surface area contributed by atoms with E-state index in [1.807, 2.05) is 6.08 Å². The molecular formula is C28H30N4O2. The van der Waals surface area contributed by atoms with Crippen molar-refractivity contribution < 1.29 is 9.53 Å². The molecule has 1 aliphatic carbocycles. The number of aromatic nitrogens is 2. The molecule has 1 unspecified atom stereocenters.